The quantitative estimate of drug-likeness (QED) is 0.735. The van der Waals surface area contributed by atoms with Crippen molar-refractivity contribution in [1.29, 1.82) is 0 Å². The number of carbonyl (C=O) groups is 1. The number of hydrogen-bond acceptors (Lipinski definition) is 4. The summed E-state index contributed by atoms with van der Waals surface area (Å²) in [7, 11) is 5.22. The second kappa shape index (κ2) is 6.86. The Bertz CT molecular complexity index is 407. The lowest BCUT2D eigenvalue weighted by molar-refractivity contribution is -0.120. The summed E-state index contributed by atoms with van der Waals surface area (Å²) in [6, 6.07) is 5.73. The topological polar surface area (TPSA) is 67.6 Å². The summed E-state index contributed by atoms with van der Waals surface area (Å²) in [6.45, 7) is 1.47. The van der Waals surface area contributed by atoms with Gasteiger partial charge in [0.25, 0.3) is 0 Å². The van der Waals surface area contributed by atoms with Crippen molar-refractivity contribution in [2.45, 2.75) is 13.0 Å². The fourth-order valence-corrected chi connectivity index (χ4v) is 1.69. The summed E-state index contributed by atoms with van der Waals surface area (Å²) >= 11 is 0. The second-order valence-electron chi connectivity index (χ2n) is 4.24. The van der Waals surface area contributed by atoms with Crippen LogP contribution in [-0.2, 0) is 11.3 Å². The molecule has 3 N–H and O–H groups in total. The lowest BCUT2D eigenvalue weighted by atomic mass is 10.1. The number of carbonyl (C=O) groups excluding carboxylic acids is 1. The molecule has 1 aromatic rings. The largest absolute Gasteiger partial charge is 0.495 e. The summed E-state index contributed by atoms with van der Waals surface area (Å²) in [5, 5.41) is 2.61. The maximum absolute atomic E-state index is 11.1. The molecule has 0 atom stereocenters. The van der Waals surface area contributed by atoms with Crippen LogP contribution in [-0.4, -0.2) is 38.6 Å². The SMILES string of the molecule is CNC(=O)CCN(C)Cc1ccc(OC)c(N)c1. The number of ether oxygens (including phenoxy) is 1. The van der Waals surface area contributed by atoms with Gasteiger partial charge in [0.2, 0.25) is 5.91 Å². The number of methoxy groups -OCH3 is 1. The average molecular weight is 251 g/mol. The standard InChI is InChI=1S/C13H21N3O2/c1-15-13(17)6-7-16(2)9-10-4-5-12(18-3)11(14)8-10/h4-5,8H,6-7,9,14H2,1-3H3,(H,15,17). The van der Waals surface area contributed by atoms with Crippen LogP contribution in [0.1, 0.15) is 12.0 Å². The van der Waals surface area contributed by atoms with E-state index in [1.54, 1.807) is 14.2 Å². The van der Waals surface area contributed by atoms with Gasteiger partial charge in [-0.05, 0) is 24.7 Å². The van der Waals surface area contributed by atoms with E-state index in [0.29, 0.717) is 24.4 Å². The number of nitrogen functional groups attached to an aromatic ring is 1. The van der Waals surface area contributed by atoms with Crippen molar-refractivity contribution in [1.82, 2.24) is 10.2 Å². The fourth-order valence-electron chi connectivity index (χ4n) is 1.69. The van der Waals surface area contributed by atoms with Gasteiger partial charge in [0, 0.05) is 26.6 Å². The smallest absolute Gasteiger partial charge is 0.221 e. The van der Waals surface area contributed by atoms with E-state index >= 15 is 0 Å². The van der Waals surface area contributed by atoms with Crippen LogP contribution < -0.4 is 15.8 Å². The van der Waals surface area contributed by atoms with Crippen LogP contribution in [0.25, 0.3) is 0 Å². The molecule has 18 heavy (non-hydrogen) atoms. The summed E-state index contributed by atoms with van der Waals surface area (Å²) in [4.78, 5) is 13.2. The second-order valence-corrected chi connectivity index (χ2v) is 4.24. The molecule has 1 amide bonds. The fraction of sp³-hybridized carbons (Fsp3) is 0.462. The Morgan fingerprint density at radius 3 is 2.78 bits per heavy atom. The first-order chi connectivity index (χ1) is 8.56. The van der Waals surface area contributed by atoms with Gasteiger partial charge in [0.15, 0.2) is 0 Å². The number of amides is 1. The maximum atomic E-state index is 11.1. The van der Waals surface area contributed by atoms with Gasteiger partial charge in [-0.15, -0.1) is 0 Å². The minimum absolute atomic E-state index is 0.0519. The molecule has 0 aliphatic carbocycles. The summed E-state index contributed by atoms with van der Waals surface area (Å²) in [6.07, 6.45) is 0.499. The zero-order valence-corrected chi connectivity index (χ0v) is 11.2. The number of rotatable bonds is 6. The van der Waals surface area contributed by atoms with Crippen molar-refractivity contribution in [3.05, 3.63) is 23.8 Å². The first-order valence-electron chi connectivity index (χ1n) is 5.88. The highest BCUT2D eigenvalue weighted by Gasteiger charge is 2.05. The molecule has 5 nitrogen and oxygen atoms in total. The van der Waals surface area contributed by atoms with Crippen LogP contribution in [0.15, 0.2) is 18.2 Å². The van der Waals surface area contributed by atoms with E-state index in [0.717, 1.165) is 12.1 Å². The average Bonchev–Trinajstić information content (AvgIpc) is 2.36. The van der Waals surface area contributed by atoms with Crippen molar-refractivity contribution in [3.63, 3.8) is 0 Å². The molecular weight excluding hydrogens is 230 g/mol. The molecule has 0 bridgehead atoms. The molecular formula is C13H21N3O2. The number of nitrogens with two attached hydrogens (primary N) is 1. The zero-order chi connectivity index (χ0) is 13.5. The lowest BCUT2D eigenvalue weighted by Gasteiger charge is -2.17. The number of benzene rings is 1. The van der Waals surface area contributed by atoms with Gasteiger partial charge in [-0.3, -0.25) is 4.79 Å². The van der Waals surface area contributed by atoms with Crippen molar-refractivity contribution in [2.24, 2.45) is 0 Å². The van der Waals surface area contributed by atoms with Gasteiger partial charge in [0.05, 0.1) is 12.8 Å². The summed E-state index contributed by atoms with van der Waals surface area (Å²) < 4.78 is 5.11. The Labute approximate surface area is 108 Å². The molecule has 0 heterocycles. The Morgan fingerprint density at radius 2 is 2.22 bits per heavy atom. The summed E-state index contributed by atoms with van der Waals surface area (Å²) in [5.41, 5.74) is 7.58. The van der Waals surface area contributed by atoms with E-state index < -0.39 is 0 Å². The summed E-state index contributed by atoms with van der Waals surface area (Å²) in [5.74, 6) is 0.739. The molecule has 0 fully saturated rings. The minimum atomic E-state index is 0.0519. The van der Waals surface area contributed by atoms with Gasteiger partial charge >= 0.3 is 0 Å². The molecule has 1 rings (SSSR count). The Kier molecular flexibility index (Phi) is 5.45. The van der Waals surface area contributed by atoms with Crippen LogP contribution in [0.5, 0.6) is 5.75 Å². The Balaban J connectivity index is 2.51. The van der Waals surface area contributed by atoms with E-state index in [9.17, 15) is 4.79 Å². The molecule has 0 aliphatic rings. The van der Waals surface area contributed by atoms with Crippen molar-refractivity contribution >= 4 is 11.6 Å². The minimum Gasteiger partial charge on any atom is -0.495 e. The van der Waals surface area contributed by atoms with Gasteiger partial charge in [-0.2, -0.15) is 0 Å². The van der Waals surface area contributed by atoms with E-state index in [1.807, 2.05) is 25.2 Å². The number of hydrogen-bond donors (Lipinski definition) is 2. The third-order valence-electron chi connectivity index (χ3n) is 2.75. The highest BCUT2D eigenvalue weighted by atomic mass is 16.5. The van der Waals surface area contributed by atoms with Gasteiger partial charge in [-0.25, -0.2) is 0 Å². The first kappa shape index (κ1) is 14.3. The Hall–Kier alpha value is -1.75. The van der Waals surface area contributed by atoms with Gasteiger partial charge < -0.3 is 20.7 Å². The van der Waals surface area contributed by atoms with E-state index in [4.69, 9.17) is 10.5 Å². The van der Waals surface area contributed by atoms with Crippen molar-refractivity contribution < 1.29 is 9.53 Å². The molecule has 1 aromatic carbocycles. The molecule has 0 saturated carbocycles. The maximum Gasteiger partial charge on any atom is 0.221 e. The van der Waals surface area contributed by atoms with Crippen LogP contribution in [0.2, 0.25) is 0 Å². The Morgan fingerprint density at radius 1 is 1.50 bits per heavy atom. The van der Waals surface area contributed by atoms with Crippen LogP contribution in [0.4, 0.5) is 5.69 Å². The highest BCUT2D eigenvalue weighted by Crippen LogP contribution is 2.22. The third kappa shape index (κ3) is 4.25. The van der Waals surface area contributed by atoms with E-state index in [2.05, 4.69) is 10.2 Å². The van der Waals surface area contributed by atoms with Crippen LogP contribution in [0, 0.1) is 0 Å². The lowest BCUT2D eigenvalue weighted by Crippen LogP contribution is -2.26. The first-order valence-corrected chi connectivity index (χ1v) is 5.88. The van der Waals surface area contributed by atoms with E-state index in [1.165, 1.54) is 0 Å². The van der Waals surface area contributed by atoms with Crippen LogP contribution >= 0.6 is 0 Å². The van der Waals surface area contributed by atoms with Crippen molar-refractivity contribution in [3.8, 4) is 5.75 Å². The van der Waals surface area contributed by atoms with Gasteiger partial charge in [0.1, 0.15) is 5.75 Å². The normalized spacial score (nSPS) is 10.4. The monoisotopic (exact) mass is 251 g/mol. The number of nitrogens with zero attached hydrogens (tertiary/aromatic N) is 1. The van der Waals surface area contributed by atoms with Gasteiger partial charge in [-0.1, -0.05) is 6.07 Å². The predicted molar refractivity (Wildman–Crippen MR) is 72.4 cm³/mol. The zero-order valence-electron chi connectivity index (χ0n) is 11.2. The molecule has 100 valence electrons. The molecule has 0 saturated heterocycles. The van der Waals surface area contributed by atoms with Crippen molar-refractivity contribution in [2.75, 3.05) is 33.5 Å². The number of anilines is 1. The molecule has 0 aliphatic heterocycles. The predicted octanol–water partition coefficient (Wildman–Crippen LogP) is 0.845. The molecule has 0 aromatic heterocycles. The van der Waals surface area contributed by atoms with E-state index in [-0.39, 0.29) is 5.91 Å². The molecule has 0 unspecified atom stereocenters. The third-order valence-corrected chi connectivity index (χ3v) is 2.75. The molecule has 0 spiro atoms. The highest BCUT2D eigenvalue weighted by molar-refractivity contribution is 5.75. The molecule has 5 heteroatoms. The van der Waals surface area contributed by atoms with Crippen LogP contribution in [0.3, 0.4) is 0 Å². The number of nitrogens with one attached hydrogen (secondary N) is 1. The molecule has 0 radical (unpaired) electrons.